The quantitative estimate of drug-likeness (QED) is 0.869. The van der Waals surface area contributed by atoms with E-state index in [2.05, 4.69) is 0 Å². The fraction of sp³-hybridized carbons (Fsp3) is 0.600. The van der Waals surface area contributed by atoms with Crippen LogP contribution < -0.4 is 5.73 Å². The molecule has 1 aromatic carbocycles. The van der Waals surface area contributed by atoms with E-state index in [1.54, 1.807) is 0 Å². The first-order valence-electron chi connectivity index (χ1n) is 6.69. The van der Waals surface area contributed by atoms with E-state index in [0.717, 1.165) is 31.2 Å². The molecule has 2 N–H and O–H groups in total. The van der Waals surface area contributed by atoms with Gasteiger partial charge >= 0.3 is 0 Å². The lowest BCUT2D eigenvalue weighted by Crippen LogP contribution is -2.33. The van der Waals surface area contributed by atoms with Gasteiger partial charge in [-0.2, -0.15) is 0 Å². The molecule has 18 heavy (non-hydrogen) atoms. The molecule has 1 aromatic rings. The highest BCUT2D eigenvalue weighted by Crippen LogP contribution is 2.42. The molecule has 1 aliphatic carbocycles. The molecule has 0 amide bonds. The predicted molar refractivity (Wildman–Crippen MR) is 69.6 cm³/mol. The van der Waals surface area contributed by atoms with Crippen molar-refractivity contribution in [3.8, 4) is 0 Å². The number of hydrogen-bond donors (Lipinski definition) is 1. The van der Waals surface area contributed by atoms with E-state index in [0.29, 0.717) is 12.1 Å². The first kappa shape index (κ1) is 13.5. The Morgan fingerprint density at radius 1 is 1.22 bits per heavy atom. The highest BCUT2D eigenvalue weighted by Gasteiger charge is 2.37. The molecule has 100 valence electrons. The van der Waals surface area contributed by atoms with Crippen LogP contribution in [-0.4, -0.2) is 6.54 Å². The molecule has 1 nitrogen and oxygen atoms in total. The SMILES string of the molecule is CC(C)c1cc(F)c(F)c(C2(CN)CCCC2)c1. The third kappa shape index (κ3) is 2.16. The molecule has 0 aliphatic heterocycles. The summed E-state index contributed by atoms with van der Waals surface area (Å²) >= 11 is 0. The average molecular weight is 253 g/mol. The van der Waals surface area contributed by atoms with Crippen molar-refractivity contribution in [3.05, 3.63) is 34.9 Å². The second-order valence-corrected chi connectivity index (χ2v) is 5.71. The van der Waals surface area contributed by atoms with Gasteiger partial charge in [0.2, 0.25) is 0 Å². The Balaban J connectivity index is 2.54. The maximum atomic E-state index is 14.1. The van der Waals surface area contributed by atoms with Crippen molar-refractivity contribution in [2.24, 2.45) is 5.73 Å². The summed E-state index contributed by atoms with van der Waals surface area (Å²) in [5.41, 5.74) is 6.85. The first-order chi connectivity index (χ1) is 8.50. The van der Waals surface area contributed by atoms with Gasteiger partial charge < -0.3 is 5.73 Å². The minimum absolute atomic E-state index is 0.190. The van der Waals surface area contributed by atoms with E-state index >= 15 is 0 Å². The molecular weight excluding hydrogens is 232 g/mol. The van der Waals surface area contributed by atoms with E-state index in [-0.39, 0.29) is 11.3 Å². The van der Waals surface area contributed by atoms with Crippen LogP contribution in [0.1, 0.15) is 56.6 Å². The second kappa shape index (κ2) is 4.96. The van der Waals surface area contributed by atoms with Gasteiger partial charge in [0.15, 0.2) is 11.6 Å². The lowest BCUT2D eigenvalue weighted by atomic mass is 9.77. The van der Waals surface area contributed by atoms with Crippen LogP contribution in [0.5, 0.6) is 0 Å². The van der Waals surface area contributed by atoms with Crippen LogP contribution in [0.25, 0.3) is 0 Å². The van der Waals surface area contributed by atoms with Crippen LogP contribution in [0.4, 0.5) is 8.78 Å². The summed E-state index contributed by atoms with van der Waals surface area (Å²) in [5.74, 6) is -1.25. The summed E-state index contributed by atoms with van der Waals surface area (Å²) < 4.78 is 27.8. The van der Waals surface area contributed by atoms with Crippen LogP contribution in [0.2, 0.25) is 0 Å². The average Bonchev–Trinajstić information content (AvgIpc) is 2.82. The number of benzene rings is 1. The van der Waals surface area contributed by atoms with Crippen molar-refractivity contribution in [1.82, 2.24) is 0 Å². The summed E-state index contributed by atoms with van der Waals surface area (Å²) in [6.07, 6.45) is 3.82. The van der Waals surface area contributed by atoms with Gasteiger partial charge in [0.1, 0.15) is 0 Å². The van der Waals surface area contributed by atoms with Gasteiger partial charge in [-0.25, -0.2) is 8.78 Å². The Labute approximate surface area is 107 Å². The van der Waals surface area contributed by atoms with Crippen molar-refractivity contribution in [1.29, 1.82) is 0 Å². The van der Waals surface area contributed by atoms with Gasteiger partial charge in [0, 0.05) is 12.0 Å². The molecule has 3 heteroatoms. The minimum atomic E-state index is -0.740. The standard InChI is InChI=1S/C15H21F2N/c1-10(2)11-7-12(14(17)13(16)8-11)15(9-18)5-3-4-6-15/h7-8,10H,3-6,9,18H2,1-2H3. The van der Waals surface area contributed by atoms with Gasteiger partial charge in [-0.1, -0.05) is 32.8 Å². The maximum Gasteiger partial charge on any atom is 0.162 e. The molecule has 0 bridgehead atoms. The van der Waals surface area contributed by atoms with E-state index < -0.39 is 11.6 Å². The van der Waals surface area contributed by atoms with Gasteiger partial charge in [-0.3, -0.25) is 0 Å². The Morgan fingerprint density at radius 2 is 1.83 bits per heavy atom. The molecule has 1 aliphatic rings. The molecule has 0 saturated heterocycles. The molecule has 1 fully saturated rings. The predicted octanol–water partition coefficient (Wildman–Crippen LogP) is 3.86. The van der Waals surface area contributed by atoms with Gasteiger partial charge in [-0.05, 0) is 36.0 Å². The Kier molecular flexibility index (Phi) is 3.71. The molecular formula is C15H21F2N. The molecule has 2 rings (SSSR count). The smallest absolute Gasteiger partial charge is 0.162 e. The summed E-state index contributed by atoms with van der Waals surface area (Å²) in [6, 6.07) is 3.13. The fourth-order valence-electron chi connectivity index (χ4n) is 2.96. The third-order valence-electron chi connectivity index (χ3n) is 4.24. The topological polar surface area (TPSA) is 26.0 Å². The van der Waals surface area contributed by atoms with E-state index in [9.17, 15) is 8.78 Å². The van der Waals surface area contributed by atoms with Crippen molar-refractivity contribution in [3.63, 3.8) is 0 Å². The molecule has 0 spiro atoms. The summed E-state index contributed by atoms with van der Waals surface area (Å²) in [7, 11) is 0. The van der Waals surface area contributed by atoms with Crippen LogP contribution >= 0.6 is 0 Å². The van der Waals surface area contributed by atoms with Crippen molar-refractivity contribution in [2.45, 2.75) is 50.9 Å². The van der Waals surface area contributed by atoms with E-state index in [4.69, 9.17) is 5.73 Å². The number of nitrogens with two attached hydrogens (primary N) is 1. The Hall–Kier alpha value is -0.960. The van der Waals surface area contributed by atoms with Crippen LogP contribution in [0.3, 0.4) is 0 Å². The fourth-order valence-corrected chi connectivity index (χ4v) is 2.96. The summed E-state index contributed by atoms with van der Waals surface area (Å²) in [5, 5.41) is 0. The largest absolute Gasteiger partial charge is 0.330 e. The highest BCUT2D eigenvalue weighted by atomic mass is 19.2. The number of hydrogen-bond acceptors (Lipinski definition) is 1. The molecule has 0 atom stereocenters. The van der Waals surface area contributed by atoms with Crippen LogP contribution in [0, 0.1) is 11.6 Å². The molecule has 0 unspecified atom stereocenters. The monoisotopic (exact) mass is 253 g/mol. The van der Waals surface area contributed by atoms with Gasteiger partial charge in [0.25, 0.3) is 0 Å². The number of halogens is 2. The normalized spacial score (nSPS) is 18.6. The lowest BCUT2D eigenvalue weighted by Gasteiger charge is -2.29. The maximum absolute atomic E-state index is 14.1. The van der Waals surface area contributed by atoms with Crippen LogP contribution in [0.15, 0.2) is 12.1 Å². The van der Waals surface area contributed by atoms with Gasteiger partial charge in [-0.15, -0.1) is 0 Å². The van der Waals surface area contributed by atoms with Crippen molar-refractivity contribution < 1.29 is 8.78 Å². The van der Waals surface area contributed by atoms with Gasteiger partial charge in [0.05, 0.1) is 0 Å². The Morgan fingerprint density at radius 3 is 2.33 bits per heavy atom. The van der Waals surface area contributed by atoms with Crippen molar-refractivity contribution in [2.75, 3.05) is 6.54 Å². The highest BCUT2D eigenvalue weighted by molar-refractivity contribution is 5.35. The summed E-state index contributed by atoms with van der Waals surface area (Å²) in [4.78, 5) is 0. The molecule has 0 aromatic heterocycles. The van der Waals surface area contributed by atoms with E-state index in [1.165, 1.54) is 6.07 Å². The second-order valence-electron chi connectivity index (χ2n) is 5.71. The molecule has 1 saturated carbocycles. The van der Waals surface area contributed by atoms with E-state index in [1.807, 2.05) is 19.9 Å². The third-order valence-corrected chi connectivity index (χ3v) is 4.24. The van der Waals surface area contributed by atoms with Crippen molar-refractivity contribution >= 4 is 0 Å². The zero-order valence-electron chi connectivity index (χ0n) is 11.1. The first-order valence-corrected chi connectivity index (χ1v) is 6.69. The lowest BCUT2D eigenvalue weighted by molar-refractivity contribution is 0.406. The zero-order valence-corrected chi connectivity index (χ0v) is 11.1. The zero-order chi connectivity index (χ0) is 13.3. The minimum Gasteiger partial charge on any atom is -0.330 e. The van der Waals surface area contributed by atoms with Crippen LogP contribution in [-0.2, 0) is 5.41 Å². The molecule has 0 radical (unpaired) electrons. The number of rotatable bonds is 3. The summed E-state index contributed by atoms with van der Waals surface area (Å²) in [6.45, 7) is 4.37. The molecule has 0 heterocycles. The Bertz CT molecular complexity index is 434.